The predicted octanol–water partition coefficient (Wildman–Crippen LogP) is 2.71. The van der Waals surface area contributed by atoms with E-state index in [1.807, 2.05) is 18.7 Å². The lowest BCUT2D eigenvalue weighted by Crippen LogP contribution is -2.40. The average Bonchev–Trinajstić information content (AvgIpc) is 3.17. The number of anilines is 2. The Hall–Kier alpha value is -2.36. The van der Waals surface area contributed by atoms with E-state index in [4.69, 9.17) is 9.15 Å². The van der Waals surface area contributed by atoms with E-state index in [-0.39, 0.29) is 10.7 Å². The molecule has 1 fully saturated rings. The van der Waals surface area contributed by atoms with Crippen molar-refractivity contribution in [1.29, 1.82) is 0 Å². The van der Waals surface area contributed by atoms with Crippen molar-refractivity contribution in [1.82, 2.24) is 4.31 Å². The lowest BCUT2D eigenvalue weighted by atomic mass is 10.2. The van der Waals surface area contributed by atoms with E-state index in [9.17, 15) is 13.2 Å². The van der Waals surface area contributed by atoms with Gasteiger partial charge in [-0.15, -0.1) is 0 Å². The van der Waals surface area contributed by atoms with Crippen LogP contribution in [0, 0.1) is 6.92 Å². The zero-order chi connectivity index (χ0) is 21.0. The Labute approximate surface area is 171 Å². The quantitative estimate of drug-likeness (QED) is 0.739. The number of carbonyl (C=O) groups is 1. The van der Waals surface area contributed by atoms with Crippen molar-refractivity contribution in [3.05, 3.63) is 41.9 Å². The minimum Gasteiger partial charge on any atom is -0.456 e. The SMILES string of the molecule is CCN(CC)c1ccc(S(=O)(=O)N2CCOCC2)cc1NC(=O)c1ccc(C)o1. The topological polar surface area (TPSA) is 92.1 Å². The second-order valence-corrected chi connectivity index (χ2v) is 8.67. The number of hydrogen-bond donors (Lipinski definition) is 1. The van der Waals surface area contributed by atoms with Gasteiger partial charge in [0.15, 0.2) is 5.76 Å². The molecule has 8 nitrogen and oxygen atoms in total. The second-order valence-electron chi connectivity index (χ2n) is 6.73. The summed E-state index contributed by atoms with van der Waals surface area (Å²) in [5.41, 5.74) is 1.19. The molecule has 1 aromatic carbocycles. The first kappa shape index (κ1) is 21.4. The zero-order valence-corrected chi connectivity index (χ0v) is 17.8. The van der Waals surface area contributed by atoms with Gasteiger partial charge in [-0.1, -0.05) is 0 Å². The van der Waals surface area contributed by atoms with E-state index < -0.39 is 15.9 Å². The first-order valence-corrected chi connectivity index (χ1v) is 11.2. The van der Waals surface area contributed by atoms with Crippen LogP contribution in [0.3, 0.4) is 0 Å². The molecule has 1 N–H and O–H groups in total. The normalized spacial score (nSPS) is 15.3. The van der Waals surface area contributed by atoms with Crippen molar-refractivity contribution in [3.8, 4) is 0 Å². The van der Waals surface area contributed by atoms with Crippen LogP contribution in [0.5, 0.6) is 0 Å². The third-order valence-corrected chi connectivity index (χ3v) is 6.79. The number of rotatable bonds is 7. The second kappa shape index (κ2) is 8.98. The third kappa shape index (κ3) is 4.63. The summed E-state index contributed by atoms with van der Waals surface area (Å²) in [6.07, 6.45) is 0. The summed E-state index contributed by atoms with van der Waals surface area (Å²) in [5.74, 6) is 0.379. The van der Waals surface area contributed by atoms with Crippen LogP contribution in [-0.4, -0.2) is 58.0 Å². The number of hydrogen-bond acceptors (Lipinski definition) is 6. The molecule has 0 bridgehead atoms. The van der Waals surface area contributed by atoms with Crippen molar-refractivity contribution in [2.24, 2.45) is 0 Å². The molecule has 1 aliphatic rings. The van der Waals surface area contributed by atoms with Crippen molar-refractivity contribution in [2.45, 2.75) is 25.7 Å². The van der Waals surface area contributed by atoms with Gasteiger partial charge in [0.2, 0.25) is 10.0 Å². The Morgan fingerprint density at radius 1 is 1.14 bits per heavy atom. The van der Waals surface area contributed by atoms with Crippen LogP contribution in [0.1, 0.15) is 30.2 Å². The monoisotopic (exact) mass is 421 g/mol. The number of sulfonamides is 1. The average molecular weight is 422 g/mol. The molecule has 1 aromatic heterocycles. The van der Waals surface area contributed by atoms with Crippen molar-refractivity contribution >= 4 is 27.3 Å². The number of nitrogens with zero attached hydrogens (tertiary/aromatic N) is 2. The highest BCUT2D eigenvalue weighted by molar-refractivity contribution is 7.89. The molecular weight excluding hydrogens is 394 g/mol. The van der Waals surface area contributed by atoms with E-state index in [0.29, 0.717) is 37.8 Å². The van der Waals surface area contributed by atoms with Gasteiger partial charge in [-0.25, -0.2) is 8.42 Å². The van der Waals surface area contributed by atoms with Crippen LogP contribution in [0.15, 0.2) is 39.6 Å². The Bertz CT molecular complexity index is 960. The number of amides is 1. The molecule has 9 heteroatoms. The van der Waals surface area contributed by atoms with Gasteiger partial charge in [0.05, 0.1) is 29.5 Å². The number of carbonyl (C=O) groups excluding carboxylic acids is 1. The summed E-state index contributed by atoms with van der Waals surface area (Å²) in [6, 6.07) is 8.15. The lowest BCUT2D eigenvalue weighted by Gasteiger charge is -2.28. The summed E-state index contributed by atoms with van der Waals surface area (Å²) in [7, 11) is -3.68. The maximum Gasteiger partial charge on any atom is 0.291 e. The highest BCUT2D eigenvalue weighted by atomic mass is 32.2. The van der Waals surface area contributed by atoms with Gasteiger partial charge in [0.1, 0.15) is 5.76 Å². The molecule has 158 valence electrons. The van der Waals surface area contributed by atoms with Gasteiger partial charge in [-0.3, -0.25) is 4.79 Å². The minimum atomic E-state index is -3.68. The molecule has 2 aromatic rings. The van der Waals surface area contributed by atoms with E-state index >= 15 is 0 Å². The molecule has 0 aliphatic carbocycles. The molecule has 1 aliphatic heterocycles. The Morgan fingerprint density at radius 2 is 1.83 bits per heavy atom. The van der Waals surface area contributed by atoms with Crippen LogP contribution >= 0.6 is 0 Å². The maximum absolute atomic E-state index is 13.0. The molecule has 29 heavy (non-hydrogen) atoms. The standard InChI is InChI=1S/C20H27N3O5S/c1-4-22(5-2)18-8-7-16(29(25,26)23-10-12-27-13-11-23)14-17(18)21-20(24)19-9-6-15(3)28-19/h6-9,14H,4-5,10-13H2,1-3H3,(H,21,24). The van der Waals surface area contributed by atoms with Gasteiger partial charge in [0, 0.05) is 26.2 Å². The summed E-state index contributed by atoms with van der Waals surface area (Å²) in [6.45, 7) is 8.57. The number of benzene rings is 1. The number of furan rings is 1. The van der Waals surface area contributed by atoms with Gasteiger partial charge < -0.3 is 19.4 Å². The van der Waals surface area contributed by atoms with E-state index in [1.54, 1.807) is 31.2 Å². The summed E-state index contributed by atoms with van der Waals surface area (Å²) < 4.78 is 38.2. The van der Waals surface area contributed by atoms with Gasteiger partial charge in [-0.05, 0) is 51.1 Å². The van der Waals surface area contributed by atoms with Gasteiger partial charge in [0.25, 0.3) is 5.91 Å². The fraction of sp³-hybridized carbons (Fsp3) is 0.450. The molecule has 3 rings (SSSR count). The number of nitrogens with one attached hydrogen (secondary N) is 1. The highest BCUT2D eigenvalue weighted by Crippen LogP contribution is 2.31. The van der Waals surface area contributed by atoms with E-state index in [0.717, 1.165) is 18.8 Å². The lowest BCUT2D eigenvalue weighted by molar-refractivity contribution is 0.0730. The van der Waals surface area contributed by atoms with Crippen LogP contribution in [0.2, 0.25) is 0 Å². The Balaban J connectivity index is 1.98. The van der Waals surface area contributed by atoms with Crippen LogP contribution in [0.25, 0.3) is 0 Å². The molecule has 2 heterocycles. The Kier molecular flexibility index (Phi) is 6.61. The molecule has 0 saturated carbocycles. The van der Waals surface area contributed by atoms with Gasteiger partial charge >= 0.3 is 0 Å². The van der Waals surface area contributed by atoms with E-state index in [2.05, 4.69) is 5.32 Å². The van der Waals surface area contributed by atoms with Crippen molar-refractivity contribution in [3.63, 3.8) is 0 Å². The molecular formula is C20H27N3O5S. The van der Waals surface area contributed by atoms with Crippen LogP contribution < -0.4 is 10.2 Å². The minimum absolute atomic E-state index is 0.140. The van der Waals surface area contributed by atoms with Crippen molar-refractivity contribution < 1.29 is 22.4 Å². The third-order valence-electron chi connectivity index (χ3n) is 4.89. The molecule has 0 spiro atoms. The highest BCUT2D eigenvalue weighted by Gasteiger charge is 2.27. The fourth-order valence-corrected chi connectivity index (χ4v) is 4.73. The first-order valence-electron chi connectivity index (χ1n) is 9.71. The largest absolute Gasteiger partial charge is 0.456 e. The summed E-state index contributed by atoms with van der Waals surface area (Å²) >= 11 is 0. The fourth-order valence-electron chi connectivity index (χ4n) is 3.29. The molecule has 1 amide bonds. The maximum atomic E-state index is 13.0. The Morgan fingerprint density at radius 3 is 2.41 bits per heavy atom. The molecule has 0 atom stereocenters. The van der Waals surface area contributed by atoms with Crippen molar-refractivity contribution in [2.75, 3.05) is 49.6 Å². The number of ether oxygens (including phenoxy) is 1. The smallest absolute Gasteiger partial charge is 0.291 e. The van der Waals surface area contributed by atoms with Crippen LogP contribution in [-0.2, 0) is 14.8 Å². The number of aryl methyl sites for hydroxylation is 1. The summed E-state index contributed by atoms with van der Waals surface area (Å²) in [5, 5.41) is 2.82. The van der Waals surface area contributed by atoms with Gasteiger partial charge in [-0.2, -0.15) is 4.31 Å². The zero-order valence-electron chi connectivity index (χ0n) is 17.0. The summed E-state index contributed by atoms with van der Waals surface area (Å²) in [4.78, 5) is 14.8. The molecule has 0 radical (unpaired) electrons. The predicted molar refractivity (Wildman–Crippen MR) is 111 cm³/mol. The molecule has 1 saturated heterocycles. The van der Waals surface area contributed by atoms with E-state index in [1.165, 1.54) is 10.4 Å². The number of morpholine rings is 1. The van der Waals surface area contributed by atoms with Crippen LogP contribution in [0.4, 0.5) is 11.4 Å². The molecule has 0 unspecified atom stereocenters. The first-order chi connectivity index (χ1) is 13.9.